The predicted octanol–water partition coefficient (Wildman–Crippen LogP) is 0.916. The molecule has 1 aliphatic rings. The molecular weight excluding hydrogens is 336 g/mol. The number of carbonyl (C=O) groups is 1. The zero-order chi connectivity index (χ0) is 18.5. The number of aromatic nitrogens is 2. The Bertz CT molecular complexity index is 888. The number of amides is 1. The van der Waals surface area contributed by atoms with Crippen LogP contribution in [0.3, 0.4) is 0 Å². The standard InChI is InChI=1S/C18H18N4O4/c1-11-13(8-12(9-19)17(23)21-11)18(24)22-14-10-25-7-5-15(14)26-16-4-2-3-6-20-16/h2-4,6,8,14-15H,5,7,10H2,1H3,(H,21,23)(H,22,24)/t14-,15-/m1/s1. The average Bonchev–Trinajstić information content (AvgIpc) is 2.64. The Balaban J connectivity index is 1.76. The van der Waals surface area contributed by atoms with Gasteiger partial charge in [-0.15, -0.1) is 0 Å². The van der Waals surface area contributed by atoms with Gasteiger partial charge in [0.15, 0.2) is 0 Å². The smallest absolute Gasteiger partial charge is 0.266 e. The van der Waals surface area contributed by atoms with Gasteiger partial charge in [0.05, 0.1) is 24.8 Å². The summed E-state index contributed by atoms with van der Waals surface area (Å²) in [6.07, 6.45) is 1.95. The van der Waals surface area contributed by atoms with Gasteiger partial charge in [0.25, 0.3) is 11.5 Å². The van der Waals surface area contributed by atoms with Crippen molar-refractivity contribution >= 4 is 5.91 Å². The fourth-order valence-corrected chi connectivity index (χ4v) is 2.75. The number of aromatic amines is 1. The van der Waals surface area contributed by atoms with Gasteiger partial charge in [-0.05, 0) is 19.1 Å². The van der Waals surface area contributed by atoms with Crippen LogP contribution in [0.5, 0.6) is 5.88 Å². The van der Waals surface area contributed by atoms with E-state index in [-0.39, 0.29) is 23.3 Å². The number of ether oxygens (including phenoxy) is 2. The van der Waals surface area contributed by atoms with Crippen molar-refractivity contribution in [2.24, 2.45) is 0 Å². The molecule has 0 aliphatic carbocycles. The summed E-state index contributed by atoms with van der Waals surface area (Å²) < 4.78 is 11.3. The molecule has 2 atom stereocenters. The molecule has 8 heteroatoms. The van der Waals surface area contributed by atoms with Crippen molar-refractivity contribution in [3.05, 3.63) is 57.6 Å². The number of pyridine rings is 2. The van der Waals surface area contributed by atoms with E-state index in [9.17, 15) is 9.59 Å². The van der Waals surface area contributed by atoms with Crippen LogP contribution < -0.4 is 15.6 Å². The second-order valence-electron chi connectivity index (χ2n) is 5.93. The lowest BCUT2D eigenvalue weighted by Crippen LogP contribution is -2.52. The number of hydrogen-bond acceptors (Lipinski definition) is 6. The van der Waals surface area contributed by atoms with Gasteiger partial charge in [-0.2, -0.15) is 5.26 Å². The van der Waals surface area contributed by atoms with E-state index in [0.29, 0.717) is 31.2 Å². The van der Waals surface area contributed by atoms with Crippen LogP contribution in [0.2, 0.25) is 0 Å². The van der Waals surface area contributed by atoms with Gasteiger partial charge in [0.1, 0.15) is 17.7 Å². The van der Waals surface area contributed by atoms with E-state index in [4.69, 9.17) is 14.7 Å². The van der Waals surface area contributed by atoms with Crippen molar-refractivity contribution in [1.82, 2.24) is 15.3 Å². The third kappa shape index (κ3) is 3.90. The maximum atomic E-state index is 12.6. The van der Waals surface area contributed by atoms with E-state index in [1.807, 2.05) is 6.07 Å². The van der Waals surface area contributed by atoms with Gasteiger partial charge in [0, 0.05) is 24.4 Å². The molecule has 134 valence electrons. The second kappa shape index (κ2) is 7.80. The first-order valence-corrected chi connectivity index (χ1v) is 8.19. The lowest BCUT2D eigenvalue weighted by atomic mass is 10.0. The van der Waals surface area contributed by atoms with Gasteiger partial charge in [-0.3, -0.25) is 9.59 Å². The SMILES string of the molecule is Cc1[nH]c(=O)c(C#N)cc1C(=O)N[C@@H]1COCC[C@H]1Oc1ccccn1. The number of carbonyl (C=O) groups excluding carboxylic acids is 1. The van der Waals surface area contributed by atoms with Crippen LogP contribution in [0.15, 0.2) is 35.3 Å². The largest absolute Gasteiger partial charge is 0.472 e. The van der Waals surface area contributed by atoms with E-state index in [0.717, 1.165) is 0 Å². The molecule has 1 saturated heterocycles. The third-order valence-electron chi connectivity index (χ3n) is 4.12. The maximum Gasteiger partial charge on any atom is 0.266 e. The molecule has 0 spiro atoms. The summed E-state index contributed by atoms with van der Waals surface area (Å²) in [5, 5.41) is 11.9. The molecule has 0 radical (unpaired) electrons. The summed E-state index contributed by atoms with van der Waals surface area (Å²) in [4.78, 5) is 30.9. The molecule has 3 rings (SSSR count). The number of nitrogens with one attached hydrogen (secondary N) is 2. The van der Waals surface area contributed by atoms with Crippen LogP contribution in [0, 0.1) is 18.3 Å². The minimum absolute atomic E-state index is 0.109. The molecular formula is C18H18N4O4. The Kier molecular flexibility index (Phi) is 5.29. The Labute approximate surface area is 149 Å². The first-order valence-electron chi connectivity index (χ1n) is 8.19. The van der Waals surface area contributed by atoms with Crippen molar-refractivity contribution in [2.75, 3.05) is 13.2 Å². The lowest BCUT2D eigenvalue weighted by molar-refractivity contribution is -0.00450. The van der Waals surface area contributed by atoms with Crippen LogP contribution >= 0.6 is 0 Å². The van der Waals surface area contributed by atoms with Crippen molar-refractivity contribution in [1.29, 1.82) is 5.26 Å². The van der Waals surface area contributed by atoms with E-state index in [2.05, 4.69) is 15.3 Å². The highest BCUT2D eigenvalue weighted by molar-refractivity contribution is 5.95. The topological polar surface area (TPSA) is 117 Å². The fourth-order valence-electron chi connectivity index (χ4n) is 2.75. The monoisotopic (exact) mass is 354 g/mol. The van der Waals surface area contributed by atoms with Gasteiger partial charge in [-0.1, -0.05) is 6.07 Å². The zero-order valence-corrected chi connectivity index (χ0v) is 14.2. The highest BCUT2D eigenvalue weighted by Crippen LogP contribution is 2.16. The number of H-pyrrole nitrogens is 1. The molecule has 1 amide bonds. The van der Waals surface area contributed by atoms with E-state index >= 15 is 0 Å². The maximum absolute atomic E-state index is 12.6. The summed E-state index contributed by atoms with van der Waals surface area (Å²) >= 11 is 0. The number of aryl methyl sites for hydroxylation is 1. The number of nitriles is 1. The number of hydrogen-bond donors (Lipinski definition) is 2. The zero-order valence-electron chi connectivity index (χ0n) is 14.2. The van der Waals surface area contributed by atoms with Gasteiger partial charge < -0.3 is 19.8 Å². The molecule has 0 bridgehead atoms. The molecule has 2 N–H and O–H groups in total. The lowest BCUT2D eigenvalue weighted by Gasteiger charge is -2.32. The van der Waals surface area contributed by atoms with Gasteiger partial charge in [0.2, 0.25) is 5.88 Å². The van der Waals surface area contributed by atoms with Crippen molar-refractivity contribution < 1.29 is 14.3 Å². The number of rotatable bonds is 4. The molecule has 2 aromatic heterocycles. The number of nitrogens with zero attached hydrogens (tertiary/aromatic N) is 2. The molecule has 0 saturated carbocycles. The Morgan fingerprint density at radius 3 is 3.08 bits per heavy atom. The highest BCUT2D eigenvalue weighted by atomic mass is 16.5. The summed E-state index contributed by atoms with van der Waals surface area (Å²) in [5.41, 5.74) is 0.00886. The Morgan fingerprint density at radius 1 is 1.50 bits per heavy atom. The molecule has 1 fully saturated rings. The third-order valence-corrected chi connectivity index (χ3v) is 4.12. The molecule has 26 heavy (non-hydrogen) atoms. The van der Waals surface area contributed by atoms with Crippen LogP contribution in [-0.4, -0.2) is 41.2 Å². The van der Waals surface area contributed by atoms with Crippen LogP contribution in [0.4, 0.5) is 0 Å². The first-order chi connectivity index (χ1) is 12.6. The Hall–Kier alpha value is -3.18. The fraction of sp³-hybridized carbons (Fsp3) is 0.333. The highest BCUT2D eigenvalue weighted by Gasteiger charge is 2.30. The van der Waals surface area contributed by atoms with E-state index < -0.39 is 11.5 Å². The van der Waals surface area contributed by atoms with E-state index in [1.165, 1.54) is 6.07 Å². The second-order valence-corrected chi connectivity index (χ2v) is 5.93. The minimum Gasteiger partial charge on any atom is -0.472 e. The van der Waals surface area contributed by atoms with E-state index in [1.54, 1.807) is 31.3 Å². The van der Waals surface area contributed by atoms with Gasteiger partial charge in [-0.25, -0.2) is 4.98 Å². The predicted molar refractivity (Wildman–Crippen MR) is 91.9 cm³/mol. The Morgan fingerprint density at radius 2 is 2.35 bits per heavy atom. The average molecular weight is 354 g/mol. The molecule has 0 aromatic carbocycles. The summed E-state index contributed by atoms with van der Waals surface area (Å²) in [6.45, 7) is 2.44. The molecule has 1 aliphatic heterocycles. The van der Waals surface area contributed by atoms with Crippen LogP contribution in [0.25, 0.3) is 0 Å². The summed E-state index contributed by atoms with van der Waals surface area (Å²) in [5.74, 6) is 0.0750. The molecule has 2 aromatic rings. The van der Waals surface area contributed by atoms with Crippen LogP contribution in [-0.2, 0) is 4.74 Å². The van der Waals surface area contributed by atoms with Gasteiger partial charge >= 0.3 is 0 Å². The minimum atomic E-state index is -0.515. The quantitative estimate of drug-likeness (QED) is 0.843. The molecule has 8 nitrogen and oxygen atoms in total. The van der Waals surface area contributed by atoms with Crippen molar-refractivity contribution in [3.8, 4) is 11.9 Å². The van der Waals surface area contributed by atoms with Crippen molar-refractivity contribution in [3.63, 3.8) is 0 Å². The summed E-state index contributed by atoms with van der Waals surface area (Å²) in [6, 6.07) is 8.06. The normalized spacial score (nSPS) is 19.4. The van der Waals surface area contributed by atoms with Crippen LogP contribution in [0.1, 0.15) is 28.0 Å². The van der Waals surface area contributed by atoms with Crippen molar-refractivity contribution in [2.45, 2.75) is 25.5 Å². The molecule has 3 heterocycles. The first kappa shape index (κ1) is 17.6. The molecule has 0 unspecified atom stereocenters. The summed E-state index contributed by atoms with van der Waals surface area (Å²) in [7, 11) is 0.